The highest BCUT2D eigenvalue weighted by molar-refractivity contribution is 4.72. The summed E-state index contributed by atoms with van der Waals surface area (Å²) in [4.78, 5) is 0. The number of rotatable bonds is 8. The monoisotopic (exact) mass is 185 g/mol. The highest BCUT2D eigenvalue weighted by Gasteiger charge is 2.20. The molecule has 13 heavy (non-hydrogen) atoms. The molecule has 1 aliphatic carbocycles. The van der Waals surface area contributed by atoms with Crippen molar-refractivity contribution in [2.24, 2.45) is 5.92 Å². The number of hydrogen-bond acceptors (Lipinski definition) is 2. The molecule has 0 radical (unpaired) electrons. The number of ether oxygens (including phenoxy) is 1. The molecule has 0 heterocycles. The molecule has 0 saturated heterocycles. The Balaban J connectivity index is 1.81. The van der Waals surface area contributed by atoms with Crippen molar-refractivity contribution in [2.75, 3.05) is 20.2 Å². The first-order valence-electron chi connectivity index (χ1n) is 5.59. The molecule has 1 unspecified atom stereocenters. The Morgan fingerprint density at radius 3 is 2.85 bits per heavy atom. The lowest BCUT2D eigenvalue weighted by atomic mass is 10.2. The lowest BCUT2D eigenvalue weighted by Crippen LogP contribution is -2.14. The van der Waals surface area contributed by atoms with Gasteiger partial charge in [0.15, 0.2) is 0 Å². The van der Waals surface area contributed by atoms with Crippen molar-refractivity contribution in [1.29, 1.82) is 0 Å². The van der Waals surface area contributed by atoms with Gasteiger partial charge in [-0.25, -0.2) is 0 Å². The molecule has 78 valence electrons. The predicted molar refractivity (Wildman–Crippen MR) is 55.9 cm³/mol. The Kier molecular flexibility index (Phi) is 5.40. The van der Waals surface area contributed by atoms with E-state index in [9.17, 15) is 0 Å². The van der Waals surface area contributed by atoms with E-state index in [2.05, 4.69) is 12.2 Å². The fraction of sp³-hybridized carbons (Fsp3) is 1.00. The SMILES string of the molecule is CNCCCC(C)OCCC1CC1. The van der Waals surface area contributed by atoms with Gasteiger partial charge in [-0.2, -0.15) is 0 Å². The first kappa shape index (κ1) is 11.0. The van der Waals surface area contributed by atoms with Crippen LogP contribution in [0.4, 0.5) is 0 Å². The zero-order chi connectivity index (χ0) is 9.52. The lowest BCUT2D eigenvalue weighted by molar-refractivity contribution is 0.0551. The topological polar surface area (TPSA) is 21.3 Å². The Labute approximate surface area is 82.0 Å². The molecule has 0 amide bonds. The fourth-order valence-electron chi connectivity index (χ4n) is 1.49. The second-order valence-electron chi connectivity index (χ2n) is 4.16. The van der Waals surface area contributed by atoms with Gasteiger partial charge in [0.05, 0.1) is 6.10 Å². The lowest BCUT2D eigenvalue weighted by Gasteiger charge is -2.12. The van der Waals surface area contributed by atoms with Gasteiger partial charge in [0, 0.05) is 6.61 Å². The van der Waals surface area contributed by atoms with Gasteiger partial charge >= 0.3 is 0 Å². The Bertz CT molecular complexity index is 123. The largest absolute Gasteiger partial charge is 0.378 e. The summed E-state index contributed by atoms with van der Waals surface area (Å²) in [5, 5.41) is 3.15. The van der Waals surface area contributed by atoms with E-state index >= 15 is 0 Å². The highest BCUT2D eigenvalue weighted by Crippen LogP contribution is 2.32. The first-order chi connectivity index (χ1) is 6.33. The van der Waals surface area contributed by atoms with Crippen molar-refractivity contribution in [3.63, 3.8) is 0 Å². The van der Waals surface area contributed by atoms with Gasteiger partial charge in [-0.1, -0.05) is 12.8 Å². The van der Waals surface area contributed by atoms with Crippen LogP contribution in [0.15, 0.2) is 0 Å². The molecule has 0 aromatic heterocycles. The molecule has 2 nitrogen and oxygen atoms in total. The molecule has 1 atom stereocenters. The van der Waals surface area contributed by atoms with Crippen LogP contribution in [0.2, 0.25) is 0 Å². The van der Waals surface area contributed by atoms with Crippen molar-refractivity contribution < 1.29 is 4.74 Å². The van der Waals surface area contributed by atoms with E-state index < -0.39 is 0 Å². The normalized spacial score (nSPS) is 18.9. The quantitative estimate of drug-likeness (QED) is 0.585. The van der Waals surface area contributed by atoms with Crippen LogP contribution in [0.25, 0.3) is 0 Å². The summed E-state index contributed by atoms with van der Waals surface area (Å²) in [5.74, 6) is 1.00. The molecule has 0 spiro atoms. The molecule has 0 bridgehead atoms. The van der Waals surface area contributed by atoms with Crippen molar-refractivity contribution >= 4 is 0 Å². The third kappa shape index (κ3) is 6.05. The predicted octanol–water partition coefficient (Wildman–Crippen LogP) is 2.19. The first-order valence-corrected chi connectivity index (χ1v) is 5.59. The zero-order valence-electron chi connectivity index (χ0n) is 9.01. The summed E-state index contributed by atoms with van der Waals surface area (Å²) < 4.78 is 5.71. The molecule has 0 aliphatic heterocycles. The van der Waals surface area contributed by atoms with Crippen LogP contribution in [0, 0.1) is 5.92 Å². The molecule has 2 heteroatoms. The van der Waals surface area contributed by atoms with E-state index in [1.807, 2.05) is 7.05 Å². The molecule has 1 fully saturated rings. The summed E-state index contributed by atoms with van der Waals surface area (Å²) in [7, 11) is 2.00. The maximum atomic E-state index is 5.71. The average molecular weight is 185 g/mol. The third-order valence-electron chi connectivity index (χ3n) is 2.66. The third-order valence-corrected chi connectivity index (χ3v) is 2.66. The van der Waals surface area contributed by atoms with Crippen LogP contribution in [-0.4, -0.2) is 26.3 Å². The second kappa shape index (κ2) is 6.39. The van der Waals surface area contributed by atoms with Gasteiger partial charge in [-0.05, 0) is 45.7 Å². The van der Waals surface area contributed by atoms with Gasteiger partial charge in [0.1, 0.15) is 0 Å². The molecule has 1 saturated carbocycles. The van der Waals surface area contributed by atoms with Gasteiger partial charge in [0.25, 0.3) is 0 Å². The summed E-state index contributed by atoms with van der Waals surface area (Å²) in [6.07, 6.45) is 7.03. The van der Waals surface area contributed by atoms with Crippen LogP contribution in [0.1, 0.15) is 39.0 Å². The highest BCUT2D eigenvalue weighted by atomic mass is 16.5. The van der Waals surface area contributed by atoms with Crippen LogP contribution in [0.3, 0.4) is 0 Å². The Morgan fingerprint density at radius 2 is 2.23 bits per heavy atom. The summed E-state index contributed by atoms with van der Waals surface area (Å²) >= 11 is 0. The van der Waals surface area contributed by atoms with Gasteiger partial charge in [-0.3, -0.25) is 0 Å². The second-order valence-corrected chi connectivity index (χ2v) is 4.16. The van der Waals surface area contributed by atoms with Crippen LogP contribution in [0.5, 0.6) is 0 Å². The fourth-order valence-corrected chi connectivity index (χ4v) is 1.49. The summed E-state index contributed by atoms with van der Waals surface area (Å²) in [5.41, 5.74) is 0. The number of hydrogen-bond donors (Lipinski definition) is 1. The van der Waals surface area contributed by atoms with Crippen molar-refractivity contribution in [2.45, 2.75) is 45.1 Å². The van der Waals surface area contributed by atoms with Crippen molar-refractivity contribution in [3.8, 4) is 0 Å². The average Bonchev–Trinajstić information content (AvgIpc) is 2.89. The Morgan fingerprint density at radius 1 is 1.46 bits per heavy atom. The van der Waals surface area contributed by atoms with Gasteiger partial charge in [0.2, 0.25) is 0 Å². The molecular weight excluding hydrogens is 162 g/mol. The van der Waals surface area contributed by atoms with Gasteiger partial charge in [-0.15, -0.1) is 0 Å². The molecule has 0 aromatic rings. The van der Waals surface area contributed by atoms with E-state index in [1.54, 1.807) is 0 Å². The zero-order valence-corrected chi connectivity index (χ0v) is 9.01. The maximum Gasteiger partial charge on any atom is 0.0547 e. The Hall–Kier alpha value is -0.0800. The van der Waals surface area contributed by atoms with Crippen molar-refractivity contribution in [1.82, 2.24) is 5.32 Å². The van der Waals surface area contributed by atoms with Gasteiger partial charge < -0.3 is 10.1 Å². The standard InChI is InChI=1S/C11H23NO/c1-10(4-3-8-12-2)13-9-7-11-5-6-11/h10-12H,3-9H2,1-2H3. The van der Waals surface area contributed by atoms with Crippen LogP contribution in [-0.2, 0) is 4.74 Å². The van der Waals surface area contributed by atoms with E-state index in [4.69, 9.17) is 4.74 Å². The van der Waals surface area contributed by atoms with E-state index in [-0.39, 0.29) is 0 Å². The summed E-state index contributed by atoms with van der Waals surface area (Å²) in [6, 6.07) is 0. The maximum absolute atomic E-state index is 5.71. The van der Waals surface area contributed by atoms with Crippen LogP contribution < -0.4 is 5.32 Å². The molecule has 0 aromatic carbocycles. The summed E-state index contributed by atoms with van der Waals surface area (Å²) in [6.45, 7) is 4.27. The minimum absolute atomic E-state index is 0.451. The molecule has 1 N–H and O–H groups in total. The van der Waals surface area contributed by atoms with Crippen LogP contribution >= 0.6 is 0 Å². The smallest absolute Gasteiger partial charge is 0.0547 e. The molecular formula is C11H23NO. The van der Waals surface area contributed by atoms with E-state index in [0.717, 1.165) is 19.1 Å². The van der Waals surface area contributed by atoms with E-state index in [1.165, 1.54) is 32.1 Å². The van der Waals surface area contributed by atoms with E-state index in [0.29, 0.717) is 6.10 Å². The minimum atomic E-state index is 0.451. The molecule has 1 aliphatic rings. The molecule has 1 rings (SSSR count). The van der Waals surface area contributed by atoms with Crippen molar-refractivity contribution in [3.05, 3.63) is 0 Å². The minimum Gasteiger partial charge on any atom is -0.378 e. The number of nitrogens with one attached hydrogen (secondary N) is 1.